The Bertz CT molecular complexity index is 2390. The smallest absolute Gasteiger partial charge is 0.264 e. The fourth-order valence-corrected chi connectivity index (χ4v) is 14.3. The Morgan fingerprint density at radius 3 is 2.38 bits per heavy atom. The normalized spacial score (nSPS) is 24.2. The van der Waals surface area contributed by atoms with Crippen molar-refractivity contribution in [1.29, 1.82) is 0 Å². The quantitative estimate of drug-likeness (QED) is 0.187. The van der Waals surface area contributed by atoms with Crippen molar-refractivity contribution < 1.29 is 29.0 Å². The van der Waals surface area contributed by atoms with E-state index in [1.807, 2.05) is 84.9 Å². The van der Waals surface area contributed by atoms with Gasteiger partial charge in [-0.2, -0.15) is 0 Å². The minimum Gasteiger partial charge on any atom is -0.497 e. The van der Waals surface area contributed by atoms with E-state index in [2.05, 4.69) is 38.2 Å². The average Bonchev–Trinajstić information content (AvgIpc) is 3.75. The van der Waals surface area contributed by atoms with Gasteiger partial charge in [0.15, 0.2) is 5.60 Å². The highest BCUT2D eigenvalue weighted by Crippen LogP contribution is 2.60. The number of carbonyl (C=O) groups is 3. The molecule has 0 unspecified atom stereocenters. The molecule has 9 rings (SSSR count). The molecule has 0 aliphatic carbocycles. The first-order chi connectivity index (χ1) is 26.5. The largest absolute Gasteiger partial charge is 0.497 e. The predicted molar refractivity (Wildman–Crippen MR) is 216 cm³/mol. The fourth-order valence-electron chi connectivity index (χ4n) is 10.3. The maximum Gasteiger partial charge on any atom is 0.264 e. The number of aliphatic hydroxyl groups excluding tert-OH is 1. The number of aliphatic hydroxyl groups is 1. The lowest BCUT2D eigenvalue weighted by atomic mass is 9.82. The van der Waals surface area contributed by atoms with Crippen molar-refractivity contribution >= 4 is 58.8 Å². The topological polar surface area (TPSA) is 99.6 Å². The lowest BCUT2D eigenvalue weighted by Gasteiger charge is -2.39. The van der Waals surface area contributed by atoms with Crippen LogP contribution in [0.4, 0.5) is 17.1 Å². The molecular weight excluding hydrogens is 707 g/mol. The van der Waals surface area contributed by atoms with Crippen LogP contribution in [0.2, 0.25) is 18.6 Å². The number of carbonyl (C=O) groups excluding carboxylic acids is 3. The number of benzene rings is 5. The Labute approximate surface area is 322 Å². The Kier molecular flexibility index (Phi) is 8.30. The van der Waals surface area contributed by atoms with Gasteiger partial charge in [0, 0.05) is 36.1 Å². The summed E-state index contributed by atoms with van der Waals surface area (Å²) in [5.41, 5.74) is 4.22. The highest BCUT2D eigenvalue weighted by molar-refractivity contribution is 6.91. The molecule has 3 amide bonds. The van der Waals surface area contributed by atoms with Crippen molar-refractivity contribution in [2.45, 2.75) is 62.7 Å². The van der Waals surface area contributed by atoms with Crippen molar-refractivity contribution in [2.24, 2.45) is 5.92 Å². The predicted octanol–water partition coefficient (Wildman–Crippen LogP) is 6.67. The molecule has 0 bridgehead atoms. The summed E-state index contributed by atoms with van der Waals surface area (Å²) < 4.78 is 12.8. The molecule has 1 N–H and O–H groups in total. The number of hydrogen-bond donors (Lipinski definition) is 1. The number of anilines is 3. The molecule has 280 valence electrons. The molecule has 9 nitrogen and oxygen atoms in total. The second-order valence-electron chi connectivity index (χ2n) is 16.1. The van der Waals surface area contributed by atoms with Crippen LogP contribution >= 0.6 is 0 Å². The number of rotatable bonds is 7. The molecule has 4 aliphatic rings. The Balaban J connectivity index is 1.14. The summed E-state index contributed by atoms with van der Waals surface area (Å²) in [7, 11) is 0.892. The van der Waals surface area contributed by atoms with Crippen LogP contribution in [-0.2, 0) is 32.9 Å². The number of hydrogen-bond acceptors (Lipinski definition) is 6. The third-order valence-electron chi connectivity index (χ3n) is 13.0. The van der Waals surface area contributed by atoms with Crippen molar-refractivity contribution in [3.63, 3.8) is 0 Å². The minimum absolute atomic E-state index is 0.0654. The molecule has 5 atom stereocenters. The second kappa shape index (κ2) is 12.9. The van der Waals surface area contributed by atoms with Gasteiger partial charge < -0.3 is 24.4 Å². The summed E-state index contributed by atoms with van der Waals surface area (Å²) in [6, 6.07) is 33.4. The van der Waals surface area contributed by atoms with Gasteiger partial charge in [-0.05, 0) is 70.9 Å². The Morgan fingerprint density at radius 2 is 1.65 bits per heavy atom. The summed E-state index contributed by atoms with van der Waals surface area (Å²) in [4.78, 5) is 48.7. The summed E-state index contributed by atoms with van der Waals surface area (Å²) in [5.74, 6) is 0.0377. The van der Waals surface area contributed by atoms with Crippen molar-refractivity contribution in [2.75, 3.05) is 30.6 Å². The molecular formula is C45H45N3O6Si. The number of fused-ring (bicyclic) bond motifs is 3. The monoisotopic (exact) mass is 751 g/mol. The lowest BCUT2D eigenvalue weighted by Crippen LogP contribution is -2.52. The fraction of sp³-hybridized carbons (Fsp3) is 0.311. The third-order valence-corrected chi connectivity index (χ3v) is 17.4. The molecule has 0 aromatic heterocycles. The zero-order chi connectivity index (χ0) is 38.4. The molecule has 1 fully saturated rings. The lowest BCUT2D eigenvalue weighted by molar-refractivity contribution is -0.150. The molecule has 5 aromatic rings. The first kappa shape index (κ1) is 35.4. The van der Waals surface area contributed by atoms with E-state index in [9.17, 15) is 19.5 Å². The summed E-state index contributed by atoms with van der Waals surface area (Å²) in [5, 5.41) is 13.6. The molecule has 55 heavy (non-hydrogen) atoms. The molecule has 5 aromatic carbocycles. The standard InChI is InChI=1S/C45H45N3O6Si/c1-27-42(55(4,5)34-19-17-33(53-3)18-20-34)39(24-40(50)47-25-30-11-7-6-10-29(30)22-32(47)26-49)54-45(27)36-23-31(16-21-37(36)46(2)44(45)52)48-38-15-9-13-28-12-8-14-35(41(28)38)43(48)51/h6-21,23,27,32,39,42,49H,22,24-26H2,1-5H3/t27-,32-,39+,42-,45+/m0/s1. The number of methoxy groups -OCH3 is 1. The van der Waals surface area contributed by atoms with Crippen LogP contribution in [0.1, 0.15) is 40.4 Å². The maximum absolute atomic E-state index is 14.9. The molecule has 4 aliphatic heterocycles. The van der Waals surface area contributed by atoms with E-state index in [0.29, 0.717) is 29.8 Å². The van der Waals surface area contributed by atoms with Crippen molar-refractivity contribution in [1.82, 2.24) is 4.90 Å². The van der Waals surface area contributed by atoms with E-state index < -0.39 is 19.8 Å². The van der Waals surface area contributed by atoms with Crippen LogP contribution in [0.5, 0.6) is 5.75 Å². The van der Waals surface area contributed by atoms with Gasteiger partial charge in [-0.25, -0.2) is 0 Å². The second-order valence-corrected chi connectivity index (χ2v) is 20.8. The molecule has 1 spiro atoms. The summed E-state index contributed by atoms with van der Waals surface area (Å²) in [6.45, 7) is 6.96. The highest BCUT2D eigenvalue weighted by atomic mass is 28.3. The number of likely N-dealkylation sites (N-methyl/N-ethyl adjacent to an activating group) is 1. The van der Waals surface area contributed by atoms with Gasteiger partial charge >= 0.3 is 0 Å². The Hall–Kier alpha value is -5.29. The van der Waals surface area contributed by atoms with Crippen molar-refractivity contribution in [3.8, 4) is 5.75 Å². The van der Waals surface area contributed by atoms with Gasteiger partial charge in [-0.3, -0.25) is 19.3 Å². The summed E-state index contributed by atoms with van der Waals surface area (Å²) >= 11 is 0. The number of amides is 3. The van der Waals surface area contributed by atoms with Gasteiger partial charge in [-0.1, -0.05) is 85.9 Å². The molecule has 0 saturated carbocycles. The van der Waals surface area contributed by atoms with E-state index in [1.54, 1.807) is 28.9 Å². The van der Waals surface area contributed by atoms with Gasteiger partial charge in [0.05, 0.1) is 57.3 Å². The molecule has 0 radical (unpaired) electrons. The van der Waals surface area contributed by atoms with E-state index >= 15 is 0 Å². The van der Waals surface area contributed by atoms with Gasteiger partial charge in [-0.15, -0.1) is 0 Å². The SMILES string of the molecule is COc1ccc([Si](C)(C)[C@@H]2[C@@H](CC(=O)N3Cc4ccccc4C[C@H]3CO)O[C@]3(C(=O)N(C)c4ccc(N5C(=O)c6cccc7cccc5c67)cc43)[C@H]2C)cc1. The maximum atomic E-state index is 14.9. The minimum atomic E-state index is -2.54. The van der Waals surface area contributed by atoms with E-state index in [0.717, 1.165) is 39.0 Å². The van der Waals surface area contributed by atoms with Crippen LogP contribution in [0.15, 0.2) is 103 Å². The van der Waals surface area contributed by atoms with Crippen LogP contribution in [0.3, 0.4) is 0 Å². The first-order valence-corrected chi connectivity index (χ1v) is 22.2. The summed E-state index contributed by atoms with van der Waals surface area (Å²) in [6.07, 6.45) is 0.0447. The zero-order valence-electron chi connectivity index (χ0n) is 31.8. The first-order valence-electron chi connectivity index (χ1n) is 19.1. The van der Waals surface area contributed by atoms with E-state index in [1.165, 1.54) is 5.19 Å². The van der Waals surface area contributed by atoms with E-state index in [4.69, 9.17) is 9.47 Å². The van der Waals surface area contributed by atoms with E-state index in [-0.39, 0.29) is 48.3 Å². The van der Waals surface area contributed by atoms with Gasteiger partial charge in [0.1, 0.15) is 5.75 Å². The Morgan fingerprint density at radius 1 is 0.927 bits per heavy atom. The van der Waals surface area contributed by atoms with Crippen LogP contribution < -0.4 is 19.7 Å². The van der Waals surface area contributed by atoms with Crippen LogP contribution in [0, 0.1) is 5.92 Å². The molecule has 10 heteroatoms. The highest BCUT2D eigenvalue weighted by Gasteiger charge is 2.66. The third kappa shape index (κ3) is 5.15. The number of ether oxygens (including phenoxy) is 2. The molecule has 1 saturated heterocycles. The van der Waals surface area contributed by atoms with Crippen LogP contribution in [0.25, 0.3) is 10.8 Å². The molecule has 4 heterocycles. The van der Waals surface area contributed by atoms with Gasteiger partial charge in [0.25, 0.3) is 11.8 Å². The van der Waals surface area contributed by atoms with Crippen molar-refractivity contribution in [3.05, 3.63) is 125 Å². The zero-order valence-corrected chi connectivity index (χ0v) is 32.8. The van der Waals surface area contributed by atoms with Crippen LogP contribution in [-0.4, -0.2) is 68.7 Å². The number of nitrogens with zero attached hydrogens (tertiary/aromatic N) is 3. The van der Waals surface area contributed by atoms with Gasteiger partial charge in [0.2, 0.25) is 5.91 Å². The average molecular weight is 752 g/mol.